The second-order valence-corrected chi connectivity index (χ2v) is 3.61. The Balaban J connectivity index is 3.53. The van der Waals surface area contributed by atoms with E-state index in [1.165, 1.54) is 0 Å². The summed E-state index contributed by atoms with van der Waals surface area (Å²) in [6, 6.07) is 0. The predicted molar refractivity (Wildman–Crippen MR) is 56.6 cm³/mol. The van der Waals surface area contributed by atoms with Crippen LogP contribution in [0.1, 0.15) is 19.8 Å². The molecule has 0 aliphatic heterocycles. The first-order chi connectivity index (χ1) is 6.93. The molecule has 0 aromatic rings. The molecule has 0 spiro atoms. The van der Waals surface area contributed by atoms with Crippen LogP contribution < -0.4 is 5.32 Å². The third kappa shape index (κ3) is 8.11. The van der Waals surface area contributed by atoms with Gasteiger partial charge in [0.2, 0.25) is 0 Å². The largest absolute Gasteiger partial charge is 0.478 e. The fourth-order valence-electron chi connectivity index (χ4n) is 1.01. The number of hydrogen-bond donors (Lipinski definition) is 4. The number of hydrogen-bond acceptors (Lipinski definition) is 4. The van der Waals surface area contributed by atoms with Crippen LogP contribution in [0.25, 0.3) is 0 Å². The van der Waals surface area contributed by atoms with Crippen LogP contribution in [0.2, 0.25) is 0 Å². The first-order valence-corrected chi connectivity index (χ1v) is 4.91. The Morgan fingerprint density at radius 3 is 2.47 bits per heavy atom. The average Bonchev–Trinajstić information content (AvgIpc) is 2.13. The van der Waals surface area contributed by atoms with Gasteiger partial charge in [0.1, 0.15) is 0 Å². The summed E-state index contributed by atoms with van der Waals surface area (Å²) in [7, 11) is 0. The lowest BCUT2D eigenvalue weighted by molar-refractivity contribution is -0.132. The fraction of sp³-hybridized carbons (Fsp3) is 0.700. The number of nitrogens with one attached hydrogen (secondary N) is 1. The zero-order chi connectivity index (χ0) is 11.8. The molecule has 0 rings (SSSR count). The molecule has 15 heavy (non-hydrogen) atoms. The molecule has 5 nitrogen and oxygen atoms in total. The van der Waals surface area contributed by atoms with Gasteiger partial charge in [-0.3, -0.25) is 0 Å². The highest BCUT2D eigenvalue weighted by Crippen LogP contribution is 2.05. The Hall–Kier alpha value is -0.910. The van der Waals surface area contributed by atoms with Crippen LogP contribution in [-0.2, 0) is 4.79 Å². The van der Waals surface area contributed by atoms with E-state index in [0.29, 0.717) is 19.5 Å². The highest BCUT2D eigenvalue weighted by molar-refractivity contribution is 5.85. The molecule has 0 aromatic carbocycles. The second kappa shape index (κ2) is 7.39. The van der Waals surface area contributed by atoms with Gasteiger partial charge in [-0.05, 0) is 19.8 Å². The van der Waals surface area contributed by atoms with Crippen molar-refractivity contribution in [2.45, 2.75) is 32.0 Å². The van der Waals surface area contributed by atoms with Gasteiger partial charge in [0.15, 0.2) is 0 Å². The summed E-state index contributed by atoms with van der Waals surface area (Å²) in [6.45, 7) is 5.77. The topological polar surface area (TPSA) is 89.8 Å². The molecule has 0 heterocycles. The quantitative estimate of drug-likeness (QED) is 0.421. The molecule has 0 fully saturated rings. The van der Waals surface area contributed by atoms with Crippen molar-refractivity contribution in [2.75, 3.05) is 13.1 Å². The van der Waals surface area contributed by atoms with Gasteiger partial charge in [-0.2, -0.15) is 0 Å². The van der Waals surface area contributed by atoms with Crippen molar-refractivity contribution in [1.29, 1.82) is 0 Å². The predicted octanol–water partition coefficient (Wildman–Crippen LogP) is -0.261. The third-order valence-electron chi connectivity index (χ3n) is 1.90. The Labute approximate surface area is 89.4 Å². The summed E-state index contributed by atoms with van der Waals surface area (Å²) < 4.78 is 0. The number of aliphatic hydroxyl groups excluding tert-OH is 2. The summed E-state index contributed by atoms with van der Waals surface area (Å²) in [4.78, 5) is 10.4. The van der Waals surface area contributed by atoms with Gasteiger partial charge >= 0.3 is 5.97 Å². The number of aliphatic hydroxyl groups is 2. The molecule has 0 amide bonds. The maximum atomic E-state index is 10.4. The van der Waals surface area contributed by atoms with Crippen LogP contribution in [0.5, 0.6) is 0 Å². The number of aliphatic carboxylic acids is 1. The third-order valence-corrected chi connectivity index (χ3v) is 1.90. The van der Waals surface area contributed by atoms with Gasteiger partial charge in [-0.25, -0.2) is 4.79 Å². The van der Waals surface area contributed by atoms with E-state index >= 15 is 0 Å². The number of rotatable bonds is 8. The van der Waals surface area contributed by atoms with Gasteiger partial charge in [0, 0.05) is 18.7 Å². The van der Waals surface area contributed by atoms with Crippen LogP contribution >= 0.6 is 0 Å². The second-order valence-electron chi connectivity index (χ2n) is 3.61. The van der Waals surface area contributed by atoms with Crippen LogP contribution in [0.3, 0.4) is 0 Å². The molecular weight excluding hydrogens is 198 g/mol. The standard InChI is InChI=1S/C10H19NO4/c1-7(10(14)15)3-4-9(13)6-11-5-8(2)12/h8-9,11-13H,1,3-6H2,2H3,(H,14,15). The summed E-state index contributed by atoms with van der Waals surface area (Å²) in [5.41, 5.74) is 0.101. The lowest BCUT2D eigenvalue weighted by atomic mass is 10.1. The Kier molecular flexibility index (Phi) is 6.94. The van der Waals surface area contributed by atoms with Crippen molar-refractivity contribution in [3.63, 3.8) is 0 Å². The maximum Gasteiger partial charge on any atom is 0.330 e. The highest BCUT2D eigenvalue weighted by Gasteiger charge is 2.08. The summed E-state index contributed by atoms with van der Waals surface area (Å²) in [5, 5.41) is 29.7. The van der Waals surface area contributed by atoms with Gasteiger partial charge in [-0.1, -0.05) is 6.58 Å². The van der Waals surface area contributed by atoms with Crippen LogP contribution in [-0.4, -0.2) is 46.6 Å². The van der Waals surface area contributed by atoms with E-state index in [1.54, 1.807) is 6.92 Å². The van der Waals surface area contributed by atoms with Gasteiger partial charge in [0.25, 0.3) is 0 Å². The van der Waals surface area contributed by atoms with Crippen molar-refractivity contribution >= 4 is 5.97 Å². The lowest BCUT2D eigenvalue weighted by Gasteiger charge is -2.12. The summed E-state index contributed by atoms with van der Waals surface area (Å²) in [6.07, 6.45) is -0.434. The van der Waals surface area contributed by atoms with E-state index < -0.39 is 18.2 Å². The molecule has 2 unspecified atom stereocenters. The van der Waals surface area contributed by atoms with Crippen LogP contribution in [0.4, 0.5) is 0 Å². The van der Waals surface area contributed by atoms with Crippen molar-refractivity contribution < 1.29 is 20.1 Å². The van der Waals surface area contributed by atoms with Gasteiger partial charge in [-0.15, -0.1) is 0 Å². The minimum atomic E-state index is -1.03. The molecule has 88 valence electrons. The molecule has 0 saturated heterocycles. The van der Waals surface area contributed by atoms with Crippen molar-refractivity contribution in [3.05, 3.63) is 12.2 Å². The zero-order valence-corrected chi connectivity index (χ0v) is 8.94. The number of carboxylic acids is 1. The normalized spacial score (nSPS) is 14.6. The first-order valence-electron chi connectivity index (χ1n) is 4.91. The Bertz CT molecular complexity index is 215. The van der Waals surface area contributed by atoms with E-state index in [1.807, 2.05) is 0 Å². The minimum Gasteiger partial charge on any atom is -0.478 e. The molecule has 0 aliphatic carbocycles. The van der Waals surface area contributed by atoms with Gasteiger partial charge < -0.3 is 20.6 Å². The highest BCUT2D eigenvalue weighted by atomic mass is 16.4. The Morgan fingerprint density at radius 2 is 2.00 bits per heavy atom. The maximum absolute atomic E-state index is 10.4. The van der Waals surface area contributed by atoms with Gasteiger partial charge in [0.05, 0.1) is 12.2 Å². The van der Waals surface area contributed by atoms with Crippen LogP contribution in [0.15, 0.2) is 12.2 Å². The number of carbonyl (C=O) groups is 1. The van der Waals surface area contributed by atoms with E-state index in [2.05, 4.69) is 11.9 Å². The number of carboxylic acid groups (broad SMARTS) is 1. The summed E-state index contributed by atoms with van der Waals surface area (Å²) >= 11 is 0. The molecule has 2 atom stereocenters. The SMILES string of the molecule is C=C(CCC(O)CNCC(C)O)C(=O)O. The molecule has 5 heteroatoms. The monoisotopic (exact) mass is 217 g/mol. The van der Waals surface area contributed by atoms with Crippen molar-refractivity contribution in [2.24, 2.45) is 0 Å². The van der Waals surface area contributed by atoms with E-state index in [-0.39, 0.29) is 12.0 Å². The molecule has 4 N–H and O–H groups in total. The van der Waals surface area contributed by atoms with Crippen LogP contribution in [0, 0.1) is 0 Å². The van der Waals surface area contributed by atoms with Crippen molar-refractivity contribution in [3.8, 4) is 0 Å². The zero-order valence-electron chi connectivity index (χ0n) is 8.94. The minimum absolute atomic E-state index is 0.101. The molecule has 0 bridgehead atoms. The molecule has 0 radical (unpaired) electrons. The first kappa shape index (κ1) is 14.1. The van der Waals surface area contributed by atoms with E-state index in [9.17, 15) is 9.90 Å². The molecule has 0 aromatic heterocycles. The smallest absolute Gasteiger partial charge is 0.330 e. The lowest BCUT2D eigenvalue weighted by Crippen LogP contribution is -2.32. The average molecular weight is 217 g/mol. The van der Waals surface area contributed by atoms with Crippen molar-refractivity contribution in [1.82, 2.24) is 5.32 Å². The summed E-state index contributed by atoms with van der Waals surface area (Å²) in [5.74, 6) is -1.03. The van der Waals surface area contributed by atoms with E-state index in [0.717, 1.165) is 0 Å². The van der Waals surface area contributed by atoms with E-state index in [4.69, 9.17) is 10.2 Å². The molecular formula is C10H19NO4. The molecule has 0 saturated carbocycles. The molecule has 0 aliphatic rings. The fourth-order valence-corrected chi connectivity index (χ4v) is 1.01. The Morgan fingerprint density at radius 1 is 1.40 bits per heavy atom.